The van der Waals surface area contributed by atoms with Gasteiger partial charge in [-0.1, -0.05) is 67.2 Å². The van der Waals surface area contributed by atoms with Gasteiger partial charge in [0, 0.05) is 0 Å². The van der Waals surface area contributed by atoms with Crippen LogP contribution in [0.4, 0.5) is 0 Å². The third kappa shape index (κ3) is 2.55. The van der Waals surface area contributed by atoms with Crippen LogP contribution in [-0.2, 0) is 4.12 Å². The minimum Gasteiger partial charge on any atom is -0.435 e. The van der Waals surface area contributed by atoms with Crippen molar-refractivity contribution in [2.24, 2.45) is 0 Å². The molecule has 2 aromatic carbocycles. The van der Waals surface area contributed by atoms with Crippen LogP contribution in [0.1, 0.15) is 0 Å². The minimum absolute atomic E-state index is 0.666. The monoisotopic (exact) mass is 260 g/mol. The molecule has 17 heavy (non-hydrogen) atoms. The molecule has 0 radical (unpaired) electrons. The molecule has 2 nitrogen and oxygen atoms in total. The van der Waals surface area contributed by atoms with Crippen LogP contribution in [0.2, 0.25) is 6.55 Å². The average molecular weight is 260 g/mol. The zero-order chi connectivity index (χ0) is 12.1. The molecule has 1 N–H and O–H groups in total. The highest BCUT2D eigenvalue weighted by Gasteiger charge is 2.37. The zero-order valence-electron chi connectivity index (χ0n) is 9.84. The molecule has 0 aliphatic rings. The van der Waals surface area contributed by atoms with E-state index in [0.29, 0.717) is 0 Å². The maximum Gasteiger partial charge on any atom is 0.393 e. The molecule has 0 saturated carbocycles. The third-order valence-electron chi connectivity index (χ3n) is 2.68. The highest BCUT2D eigenvalue weighted by molar-refractivity contribution is 6.93. The Balaban J connectivity index is 2.47. The molecule has 88 valence electrons. The summed E-state index contributed by atoms with van der Waals surface area (Å²) in [5.41, 5.74) is 0. The number of rotatable bonds is 4. The lowest BCUT2D eigenvalue weighted by molar-refractivity contribution is 0.425. The fourth-order valence-corrected chi connectivity index (χ4v) is 6.50. The molecule has 0 unspecified atom stereocenters. The molecule has 0 amide bonds. The Morgan fingerprint density at radius 2 is 1.29 bits per heavy atom. The summed E-state index contributed by atoms with van der Waals surface area (Å²) in [5, 5.41) is 1.83. The molecule has 0 aliphatic heterocycles. The Morgan fingerprint density at radius 3 is 1.65 bits per heavy atom. The second kappa shape index (κ2) is 5.42. The van der Waals surface area contributed by atoms with E-state index in [2.05, 4.69) is 0 Å². The maximum atomic E-state index is 10.9. The topological polar surface area (TPSA) is 29.5 Å². The highest BCUT2D eigenvalue weighted by atomic mass is 28.4. The van der Waals surface area contributed by atoms with Crippen molar-refractivity contribution in [3.8, 4) is 0 Å². The number of hydrogen-bond donors (Lipinski definition) is 1. The summed E-state index contributed by atoms with van der Waals surface area (Å²) in [6.45, 7) is 2.05. The van der Waals surface area contributed by atoms with Crippen LogP contribution in [0.15, 0.2) is 60.7 Å². The average Bonchev–Trinajstić information content (AvgIpc) is 2.41. The van der Waals surface area contributed by atoms with E-state index < -0.39 is 18.3 Å². The lowest BCUT2D eigenvalue weighted by Crippen LogP contribution is -2.61. The van der Waals surface area contributed by atoms with Gasteiger partial charge in [-0.05, 0) is 10.4 Å². The van der Waals surface area contributed by atoms with Gasteiger partial charge in [-0.15, -0.1) is 0 Å². The summed E-state index contributed by atoms with van der Waals surface area (Å²) in [7, 11) is -3.61. The predicted molar refractivity (Wildman–Crippen MR) is 75.6 cm³/mol. The van der Waals surface area contributed by atoms with Gasteiger partial charge in [0.25, 0.3) is 0 Å². The van der Waals surface area contributed by atoms with Crippen molar-refractivity contribution in [1.29, 1.82) is 0 Å². The van der Waals surface area contributed by atoms with E-state index in [0.717, 1.165) is 10.4 Å². The van der Waals surface area contributed by atoms with Gasteiger partial charge in [0.05, 0.1) is 0 Å². The summed E-state index contributed by atoms with van der Waals surface area (Å²) in [4.78, 5) is 10.9. The molecular formula is C13H16O2Si2. The predicted octanol–water partition coefficient (Wildman–Crippen LogP) is 0.384. The lowest BCUT2D eigenvalue weighted by Gasteiger charge is -2.25. The highest BCUT2D eigenvalue weighted by Crippen LogP contribution is 2.03. The second-order valence-corrected chi connectivity index (χ2v) is 7.98. The molecule has 2 aromatic rings. The summed E-state index contributed by atoms with van der Waals surface area (Å²) >= 11 is 0. The van der Waals surface area contributed by atoms with Gasteiger partial charge in [-0.3, -0.25) is 0 Å². The Labute approximate surface area is 105 Å². The smallest absolute Gasteiger partial charge is 0.393 e. The van der Waals surface area contributed by atoms with Gasteiger partial charge in [0.1, 0.15) is 9.76 Å². The minimum atomic E-state index is -2.94. The van der Waals surface area contributed by atoms with E-state index in [1.54, 1.807) is 0 Å². The molecule has 0 bridgehead atoms. The first-order valence-electron chi connectivity index (χ1n) is 5.74. The fourth-order valence-electron chi connectivity index (χ4n) is 1.87. The first-order chi connectivity index (χ1) is 8.27. The van der Waals surface area contributed by atoms with Crippen LogP contribution >= 0.6 is 0 Å². The Morgan fingerprint density at radius 1 is 0.882 bits per heavy atom. The normalized spacial score (nSPS) is 12.1. The van der Waals surface area contributed by atoms with Crippen LogP contribution in [0, 0.1) is 0 Å². The van der Waals surface area contributed by atoms with Crippen molar-refractivity contribution >= 4 is 28.7 Å². The summed E-state index contributed by atoms with van der Waals surface area (Å²) < 4.78 is 5.83. The second-order valence-electron chi connectivity index (χ2n) is 3.81. The Hall–Kier alpha value is -1.21. The first-order valence-corrected chi connectivity index (χ1v) is 9.59. The molecule has 0 atom stereocenters. The zero-order valence-corrected chi connectivity index (χ0v) is 12.3. The van der Waals surface area contributed by atoms with E-state index in [1.165, 1.54) is 0 Å². The number of benzene rings is 2. The van der Waals surface area contributed by atoms with Crippen LogP contribution < -0.4 is 10.4 Å². The molecule has 0 saturated heterocycles. The van der Waals surface area contributed by atoms with Crippen LogP contribution in [0.5, 0.6) is 0 Å². The van der Waals surface area contributed by atoms with Crippen LogP contribution in [0.3, 0.4) is 0 Å². The van der Waals surface area contributed by atoms with Crippen molar-refractivity contribution in [1.82, 2.24) is 0 Å². The standard InChI is InChI=1S/C13H16O2Si2/c1-16-15-17(14,12-8-4-2-5-9-12)13-10-6-3-7-11-13/h2-11,14H,16H2,1H3. The first kappa shape index (κ1) is 12.3. The Bertz CT molecular complexity index is 420. The fraction of sp³-hybridized carbons (Fsp3) is 0.0769. The van der Waals surface area contributed by atoms with Gasteiger partial charge in [-0.25, -0.2) is 0 Å². The van der Waals surface area contributed by atoms with Gasteiger partial charge in [-0.2, -0.15) is 0 Å². The molecule has 0 heterocycles. The molecule has 0 aliphatic carbocycles. The SMILES string of the molecule is C[SiH2]O[Si](O)(c1ccccc1)c1ccccc1. The van der Waals surface area contributed by atoms with Crippen molar-refractivity contribution in [3.63, 3.8) is 0 Å². The molecule has 0 fully saturated rings. The Kier molecular flexibility index (Phi) is 3.91. The van der Waals surface area contributed by atoms with E-state index in [-0.39, 0.29) is 0 Å². The quantitative estimate of drug-likeness (QED) is 0.806. The maximum absolute atomic E-state index is 10.9. The van der Waals surface area contributed by atoms with Gasteiger partial charge in [0.2, 0.25) is 0 Å². The largest absolute Gasteiger partial charge is 0.435 e. The van der Waals surface area contributed by atoms with Gasteiger partial charge >= 0.3 is 8.56 Å². The third-order valence-corrected chi connectivity index (χ3v) is 7.74. The van der Waals surface area contributed by atoms with Gasteiger partial charge in [0.15, 0.2) is 0 Å². The van der Waals surface area contributed by atoms with Crippen molar-refractivity contribution < 1.29 is 8.91 Å². The van der Waals surface area contributed by atoms with E-state index in [9.17, 15) is 4.80 Å². The van der Waals surface area contributed by atoms with E-state index >= 15 is 0 Å². The molecule has 2 rings (SSSR count). The molecular weight excluding hydrogens is 244 g/mol. The van der Waals surface area contributed by atoms with Crippen LogP contribution in [0.25, 0.3) is 0 Å². The molecule has 0 aromatic heterocycles. The summed E-state index contributed by atoms with van der Waals surface area (Å²) in [6.07, 6.45) is 0. The molecule has 4 heteroatoms. The van der Waals surface area contributed by atoms with Crippen molar-refractivity contribution in [2.75, 3.05) is 0 Å². The lowest BCUT2D eigenvalue weighted by atomic mass is 10.4. The van der Waals surface area contributed by atoms with E-state index in [4.69, 9.17) is 4.12 Å². The van der Waals surface area contributed by atoms with Crippen molar-refractivity contribution in [3.05, 3.63) is 60.7 Å². The summed E-state index contributed by atoms with van der Waals surface area (Å²) in [5.74, 6) is 0. The van der Waals surface area contributed by atoms with Crippen molar-refractivity contribution in [2.45, 2.75) is 6.55 Å². The molecule has 0 spiro atoms. The van der Waals surface area contributed by atoms with E-state index in [1.807, 2.05) is 67.2 Å². The summed E-state index contributed by atoms with van der Waals surface area (Å²) in [6, 6.07) is 19.5. The van der Waals surface area contributed by atoms with Gasteiger partial charge < -0.3 is 8.91 Å². The van der Waals surface area contributed by atoms with Crippen LogP contribution in [-0.4, -0.2) is 23.1 Å². The number of hydrogen-bond acceptors (Lipinski definition) is 2.